The Bertz CT molecular complexity index is 462. The summed E-state index contributed by atoms with van der Waals surface area (Å²) < 4.78 is 5.59. The van der Waals surface area contributed by atoms with Gasteiger partial charge in [0.05, 0.1) is 12.0 Å². The number of esters is 1. The predicted octanol–water partition coefficient (Wildman–Crippen LogP) is 2.21. The Balaban J connectivity index is 2.07. The van der Waals surface area contributed by atoms with E-state index in [1.165, 1.54) is 0 Å². The fourth-order valence-corrected chi connectivity index (χ4v) is 3.81. The SMILES string of the molecule is CC1=C2[C@H]3OC(=O)[C@@H](C)[C@@H]3CC[C@@]2(C)C=CC1O. The Labute approximate surface area is 108 Å². The Morgan fingerprint density at radius 3 is 2.94 bits per heavy atom. The van der Waals surface area contributed by atoms with Crippen LogP contribution in [0.2, 0.25) is 0 Å². The molecule has 0 radical (unpaired) electrons. The van der Waals surface area contributed by atoms with Crippen LogP contribution in [0.25, 0.3) is 0 Å². The van der Waals surface area contributed by atoms with Crippen molar-refractivity contribution in [2.24, 2.45) is 17.3 Å². The first-order chi connectivity index (χ1) is 8.44. The molecule has 1 unspecified atom stereocenters. The van der Waals surface area contributed by atoms with Crippen molar-refractivity contribution in [2.45, 2.75) is 45.8 Å². The van der Waals surface area contributed by atoms with Gasteiger partial charge in [0.2, 0.25) is 0 Å². The third kappa shape index (κ3) is 1.43. The highest BCUT2D eigenvalue weighted by Gasteiger charge is 2.52. The number of fused-ring (bicyclic) bond motifs is 3. The van der Waals surface area contributed by atoms with Crippen LogP contribution in [0.5, 0.6) is 0 Å². The van der Waals surface area contributed by atoms with Gasteiger partial charge in [-0.25, -0.2) is 0 Å². The molecule has 5 atom stereocenters. The van der Waals surface area contributed by atoms with E-state index in [-0.39, 0.29) is 29.3 Å². The second kappa shape index (κ2) is 3.70. The smallest absolute Gasteiger partial charge is 0.309 e. The summed E-state index contributed by atoms with van der Waals surface area (Å²) in [6.07, 6.45) is 5.36. The van der Waals surface area contributed by atoms with Crippen molar-refractivity contribution in [3.63, 3.8) is 0 Å². The molecule has 98 valence electrons. The molecule has 0 bridgehead atoms. The molecule has 2 aliphatic carbocycles. The maximum atomic E-state index is 11.8. The van der Waals surface area contributed by atoms with Crippen molar-refractivity contribution >= 4 is 5.97 Å². The van der Waals surface area contributed by atoms with Gasteiger partial charge in [-0.2, -0.15) is 0 Å². The van der Waals surface area contributed by atoms with Gasteiger partial charge in [-0.1, -0.05) is 26.0 Å². The third-order valence-corrected chi connectivity index (χ3v) is 5.06. The fraction of sp³-hybridized carbons (Fsp3) is 0.667. The standard InChI is InChI=1S/C15H20O3/c1-8-10-4-6-15(3)7-5-11(16)9(2)12(15)13(10)18-14(8)17/h5,7-8,10-11,13,16H,4,6H2,1-3H3/t8-,10-,11?,13-,15-/m0/s1. The number of ether oxygens (including phenoxy) is 1. The summed E-state index contributed by atoms with van der Waals surface area (Å²) >= 11 is 0. The van der Waals surface area contributed by atoms with Crippen LogP contribution in [0.1, 0.15) is 33.6 Å². The van der Waals surface area contributed by atoms with E-state index in [0.29, 0.717) is 0 Å². The molecule has 1 aliphatic heterocycles. The Morgan fingerprint density at radius 2 is 2.22 bits per heavy atom. The highest BCUT2D eigenvalue weighted by atomic mass is 16.6. The maximum Gasteiger partial charge on any atom is 0.309 e. The van der Waals surface area contributed by atoms with Gasteiger partial charge in [0, 0.05) is 11.3 Å². The van der Waals surface area contributed by atoms with E-state index in [4.69, 9.17) is 4.74 Å². The predicted molar refractivity (Wildman–Crippen MR) is 67.7 cm³/mol. The Kier molecular flexibility index (Phi) is 2.46. The van der Waals surface area contributed by atoms with Crippen LogP contribution in [0.3, 0.4) is 0 Å². The number of aliphatic hydroxyl groups is 1. The van der Waals surface area contributed by atoms with E-state index in [0.717, 1.165) is 24.0 Å². The van der Waals surface area contributed by atoms with Crippen LogP contribution in [0.15, 0.2) is 23.3 Å². The van der Waals surface area contributed by atoms with E-state index >= 15 is 0 Å². The normalized spacial score (nSPS) is 46.8. The van der Waals surface area contributed by atoms with Gasteiger partial charge in [-0.15, -0.1) is 0 Å². The van der Waals surface area contributed by atoms with Crippen molar-refractivity contribution in [2.75, 3.05) is 0 Å². The summed E-state index contributed by atoms with van der Waals surface area (Å²) in [6, 6.07) is 0. The molecule has 3 nitrogen and oxygen atoms in total. The van der Waals surface area contributed by atoms with Gasteiger partial charge in [-0.3, -0.25) is 4.79 Å². The first kappa shape index (κ1) is 12.0. The van der Waals surface area contributed by atoms with Gasteiger partial charge in [-0.05, 0) is 30.9 Å². The number of hydrogen-bond donors (Lipinski definition) is 1. The van der Waals surface area contributed by atoms with Crippen LogP contribution >= 0.6 is 0 Å². The molecule has 1 heterocycles. The number of carbonyl (C=O) groups is 1. The van der Waals surface area contributed by atoms with E-state index < -0.39 is 6.10 Å². The van der Waals surface area contributed by atoms with Gasteiger partial charge >= 0.3 is 5.97 Å². The molecular formula is C15H20O3. The van der Waals surface area contributed by atoms with E-state index in [1.807, 2.05) is 19.9 Å². The lowest BCUT2D eigenvalue weighted by atomic mass is 9.61. The number of aliphatic hydroxyl groups excluding tert-OH is 1. The zero-order chi connectivity index (χ0) is 13.1. The van der Waals surface area contributed by atoms with Gasteiger partial charge in [0.15, 0.2) is 0 Å². The number of carbonyl (C=O) groups excluding carboxylic acids is 1. The molecule has 0 aromatic heterocycles. The topological polar surface area (TPSA) is 46.5 Å². The van der Waals surface area contributed by atoms with E-state index in [2.05, 4.69) is 13.0 Å². The highest BCUT2D eigenvalue weighted by molar-refractivity contribution is 5.76. The molecule has 18 heavy (non-hydrogen) atoms. The second-order valence-electron chi connectivity index (χ2n) is 6.17. The lowest BCUT2D eigenvalue weighted by Gasteiger charge is -2.44. The summed E-state index contributed by atoms with van der Waals surface area (Å²) in [7, 11) is 0. The molecule has 0 aromatic carbocycles. The molecule has 3 aliphatic rings. The summed E-state index contributed by atoms with van der Waals surface area (Å²) in [5.41, 5.74) is 2.07. The molecular weight excluding hydrogens is 228 g/mol. The van der Waals surface area contributed by atoms with Crippen molar-refractivity contribution in [3.05, 3.63) is 23.3 Å². The lowest BCUT2D eigenvalue weighted by Crippen LogP contribution is -2.40. The molecule has 3 heteroatoms. The van der Waals surface area contributed by atoms with Crippen molar-refractivity contribution in [1.82, 2.24) is 0 Å². The Hall–Kier alpha value is -1.09. The minimum absolute atomic E-state index is 0.0112. The fourth-order valence-electron chi connectivity index (χ4n) is 3.81. The Morgan fingerprint density at radius 1 is 1.50 bits per heavy atom. The van der Waals surface area contributed by atoms with Crippen LogP contribution in [0.4, 0.5) is 0 Å². The molecule has 1 saturated carbocycles. The second-order valence-corrected chi connectivity index (χ2v) is 6.17. The maximum absolute atomic E-state index is 11.8. The summed E-state index contributed by atoms with van der Waals surface area (Å²) in [4.78, 5) is 11.8. The van der Waals surface area contributed by atoms with Crippen molar-refractivity contribution in [1.29, 1.82) is 0 Å². The molecule has 1 saturated heterocycles. The quantitative estimate of drug-likeness (QED) is 0.528. The average Bonchev–Trinajstić information content (AvgIpc) is 2.60. The van der Waals surface area contributed by atoms with Crippen LogP contribution in [0, 0.1) is 17.3 Å². The number of allylic oxidation sites excluding steroid dienone is 1. The largest absolute Gasteiger partial charge is 0.457 e. The monoisotopic (exact) mass is 248 g/mol. The molecule has 2 fully saturated rings. The lowest BCUT2D eigenvalue weighted by molar-refractivity contribution is -0.143. The van der Waals surface area contributed by atoms with Gasteiger partial charge in [0.25, 0.3) is 0 Å². The molecule has 0 amide bonds. The van der Waals surface area contributed by atoms with Crippen LogP contribution in [-0.2, 0) is 9.53 Å². The summed E-state index contributed by atoms with van der Waals surface area (Å²) in [5.74, 6) is 0.190. The van der Waals surface area contributed by atoms with Crippen molar-refractivity contribution in [3.8, 4) is 0 Å². The van der Waals surface area contributed by atoms with E-state index in [9.17, 15) is 9.90 Å². The van der Waals surface area contributed by atoms with Crippen LogP contribution < -0.4 is 0 Å². The summed E-state index contributed by atoms with van der Waals surface area (Å²) in [5, 5.41) is 10.00. The minimum atomic E-state index is -0.526. The molecule has 0 spiro atoms. The van der Waals surface area contributed by atoms with Gasteiger partial charge in [0.1, 0.15) is 6.10 Å². The number of rotatable bonds is 0. The zero-order valence-electron chi connectivity index (χ0n) is 11.1. The molecule has 1 N–H and O–H groups in total. The highest BCUT2D eigenvalue weighted by Crippen LogP contribution is 2.53. The minimum Gasteiger partial charge on any atom is -0.457 e. The molecule has 3 rings (SSSR count). The van der Waals surface area contributed by atoms with Crippen molar-refractivity contribution < 1.29 is 14.6 Å². The molecule has 0 aromatic rings. The zero-order valence-corrected chi connectivity index (χ0v) is 11.1. The summed E-state index contributed by atoms with van der Waals surface area (Å²) in [6.45, 7) is 6.10. The van der Waals surface area contributed by atoms with E-state index in [1.54, 1.807) is 0 Å². The number of hydrogen-bond acceptors (Lipinski definition) is 3. The average molecular weight is 248 g/mol. The first-order valence-corrected chi connectivity index (χ1v) is 6.73. The van der Waals surface area contributed by atoms with Crippen LogP contribution in [-0.4, -0.2) is 23.3 Å². The first-order valence-electron chi connectivity index (χ1n) is 6.73. The third-order valence-electron chi connectivity index (χ3n) is 5.06. The van der Waals surface area contributed by atoms with Gasteiger partial charge < -0.3 is 9.84 Å².